The topological polar surface area (TPSA) is 37.3 Å². The summed E-state index contributed by atoms with van der Waals surface area (Å²) >= 11 is 0. The number of ketones is 1. The zero-order chi connectivity index (χ0) is 12.8. The van der Waals surface area contributed by atoms with E-state index in [0.717, 1.165) is 32.1 Å². The average Bonchev–Trinajstić information content (AvgIpc) is 2.39. The number of hydrogen-bond acceptors (Lipinski definition) is 2. The summed E-state index contributed by atoms with van der Waals surface area (Å²) in [4.78, 5) is 12.3. The molecule has 0 aromatic rings. The van der Waals surface area contributed by atoms with Gasteiger partial charge in [-0.05, 0) is 24.7 Å². The van der Waals surface area contributed by atoms with Crippen molar-refractivity contribution in [2.45, 2.75) is 71.8 Å². The van der Waals surface area contributed by atoms with Gasteiger partial charge in [0.05, 0.1) is 0 Å². The monoisotopic (exact) mass is 240 g/mol. The Morgan fingerprint density at radius 2 is 1.88 bits per heavy atom. The first-order valence-electron chi connectivity index (χ1n) is 7.35. The lowest BCUT2D eigenvalue weighted by molar-refractivity contribution is -0.135. The van der Waals surface area contributed by atoms with Crippen LogP contribution in [0.3, 0.4) is 0 Å². The summed E-state index contributed by atoms with van der Waals surface area (Å²) in [6.45, 7) is 6.32. The molecule has 0 aliphatic heterocycles. The summed E-state index contributed by atoms with van der Waals surface area (Å²) in [5.41, 5.74) is 0. The van der Waals surface area contributed by atoms with Crippen LogP contribution in [0.1, 0.15) is 65.7 Å². The molecule has 0 spiro atoms. The van der Waals surface area contributed by atoms with Gasteiger partial charge < -0.3 is 5.11 Å². The Balaban J connectivity index is 2.56. The van der Waals surface area contributed by atoms with Crippen molar-refractivity contribution in [3.8, 4) is 0 Å². The van der Waals surface area contributed by atoms with Crippen molar-refractivity contribution in [3.63, 3.8) is 0 Å². The highest BCUT2D eigenvalue weighted by molar-refractivity contribution is 5.85. The van der Waals surface area contributed by atoms with E-state index in [4.69, 9.17) is 0 Å². The van der Waals surface area contributed by atoms with E-state index in [2.05, 4.69) is 20.8 Å². The van der Waals surface area contributed by atoms with E-state index < -0.39 is 6.10 Å². The third-order valence-corrected chi connectivity index (χ3v) is 4.55. The van der Waals surface area contributed by atoms with Gasteiger partial charge in [-0.3, -0.25) is 4.79 Å². The minimum atomic E-state index is -0.717. The van der Waals surface area contributed by atoms with Gasteiger partial charge in [-0.1, -0.05) is 52.9 Å². The molecule has 1 saturated carbocycles. The second-order valence-corrected chi connectivity index (χ2v) is 5.56. The Hall–Kier alpha value is -0.370. The average molecular weight is 240 g/mol. The molecular formula is C15H28O2. The van der Waals surface area contributed by atoms with Crippen molar-refractivity contribution in [1.82, 2.24) is 0 Å². The first kappa shape index (κ1) is 14.7. The third kappa shape index (κ3) is 3.80. The van der Waals surface area contributed by atoms with E-state index in [-0.39, 0.29) is 17.6 Å². The lowest BCUT2D eigenvalue weighted by Crippen LogP contribution is -2.36. The fourth-order valence-electron chi connectivity index (χ4n) is 3.13. The van der Waals surface area contributed by atoms with E-state index in [1.165, 1.54) is 12.8 Å². The van der Waals surface area contributed by atoms with Crippen LogP contribution in [0.15, 0.2) is 0 Å². The Morgan fingerprint density at radius 3 is 2.41 bits per heavy atom. The molecule has 0 amide bonds. The molecule has 0 radical (unpaired) electrons. The van der Waals surface area contributed by atoms with Crippen molar-refractivity contribution >= 4 is 5.78 Å². The van der Waals surface area contributed by atoms with E-state index in [1.807, 2.05) is 0 Å². The molecule has 3 atom stereocenters. The Labute approximate surface area is 106 Å². The van der Waals surface area contributed by atoms with Crippen molar-refractivity contribution in [1.29, 1.82) is 0 Å². The normalized spacial score (nSPS) is 27.1. The number of Topliss-reactive ketones (excluding diaryl/α,β-unsaturated/α-hetero) is 1. The molecule has 1 rings (SSSR count). The number of hydrogen-bond donors (Lipinski definition) is 1. The van der Waals surface area contributed by atoms with Gasteiger partial charge in [0.25, 0.3) is 0 Å². The molecule has 0 bridgehead atoms. The van der Waals surface area contributed by atoms with E-state index >= 15 is 0 Å². The van der Waals surface area contributed by atoms with Crippen molar-refractivity contribution in [3.05, 3.63) is 0 Å². The summed E-state index contributed by atoms with van der Waals surface area (Å²) in [6.07, 6.45) is 6.67. The number of rotatable bonds is 6. The van der Waals surface area contributed by atoms with Crippen LogP contribution >= 0.6 is 0 Å². The summed E-state index contributed by atoms with van der Waals surface area (Å²) in [5.74, 6) is 1.11. The van der Waals surface area contributed by atoms with Crippen LogP contribution in [0.2, 0.25) is 0 Å². The van der Waals surface area contributed by atoms with Gasteiger partial charge in [0.2, 0.25) is 0 Å². The molecule has 1 aliphatic rings. The van der Waals surface area contributed by atoms with Crippen LogP contribution in [0, 0.1) is 17.8 Å². The quantitative estimate of drug-likeness (QED) is 0.770. The summed E-state index contributed by atoms with van der Waals surface area (Å²) in [6, 6.07) is 0. The predicted octanol–water partition coefficient (Wildman–Crippen LogP) is 3.57. The van der Waals surface area contributed by atoms with Crippen LogP contribution in [0.25, 0.3) is 0 Å². The standard InChI is InChI=1S/C15H28O2/c1-4-11-8-7-9-13(10-11)15(17)14(16)12(5-2)6-3/h11-14,16H,4-10H2,1-3H3. The van der Waals surface area contributed by atoms with Crippen LogP contribution in [0.5, 0.6) is 0 Å². The third-order valence-electron chi connectivity index (χ3n) is 4.55. The first-order chi connectivity index (χ1) is 8.13. The van der Waals surface area contributed by atoms with Gasteiger partial charge in [-0.2, -0.15) is 0 Å². The van der Waals surface area contributed by atoms with Crippen LogP contribution in [0.4, 0.5) is 0 Å². The zero-order valence-corrected chi connectivity index (χ0v) is 11.6. The minimum absolute atomic E-state index is 0.122. The second kappa shape index (κ2) is 7.15. The fraction of sp³-hybridized carbons (Fsp3) is 0.933. The lowest BCUT2D eigenvalue weighted by Gasteiger charge is -2.30. The molecule has 1 fully saturated rings. The maximum atomic E-state index is 12.3. The van der Waals surface area contributed by atoms with Gasteiger partial charge in [-0.15, -0.1) is 0 Å². The highest BCUT2D eigenvalue weighted by Gasteiger charge is 2.32. The van der Waals surface area contributed by atoms with Gasteiger partial charge in [0.15, 0.2) is 5.78 Å². The van der Waals surface area contributed by atoms with Gasteiger partial charge in [0, 0.05) is 5.92 Å². The van der Waals surface area contributed by atoms with Gasteiger partial charge in [0.1, 0.15) is 6.10 Å². The van der Waals surface area contributed by atoms with Crippen molar-refractivity contribution in [2.75, 3.05) is 0 Å². The Kier molecular flexibility index (Phi) is 6.18. The molecule has 0 aromatic carbocycles. The predicted molar refractivity (Wildman–Crippen MR) is 70.8 cm³/mol. The van der Waals surface area contributed by atoms with Crippen LogP contribution in [-0.4, -0.2) is 17.0 Å². The molecule has 2 nitrogen and oxygen atoms in total. The molecule has 0 aromatic heterocycles. The maximum absolute atomic E-state index is 12.3. The number of carbonyl (C=O) groups is 1. The second-order valence-electron chi connectivity index (χ2n) is 5.56. The van der Waals surface area contributed by atoms with E-state index in [1.54, 1.807) is 0 Å². The highest BCUT2D eigenvalue weighted by atomic mass is 16.3. The molecule has 17 heavy (non-hydrogen) atoms. The van der Waals surface area contributed by atoms with Gasteiger partial charge in [-0.25, -0.2) is 0 Å². The van der Waals surface area contributed by atoms with E-state index in [9.17, 15) is 9.90 Å². The maximum Gasteiger partial charge on any atom is 0.164 e. The number of carbonyl (C=O) groups excluding carboxylic acids is 1. The number of aliphatic hydroxyl groups is 1. The number of aliphatic hydroxyl groups excluding tert-OH is 1. The Bertz CT molecular complexity index is 233. The summed E-state index contributed by atoms with van der Waals surface area (Å²) in [7, 11) is 0. The largest absolute Gasteiger partial charge is 0.385 e. The molecule has 100 valence electrons. The van der Waals surface area contributed by atoms with Crippen molar-refractivity contribution < 1.29 is 9.90 Å². The highest BCUT2D eigenvalue weighted by Crippen LogP contribution is 2.33. The summed E-state index contributed by atoms with van der Waals surface area (Å²) in [5, 5.41) is 10.1. The first-order valence-corrected chi connectivity index (χ1v) is 7.35. The molecule has 1 aliphatic carbocycles. The molecule has 1 N–H and O–H groups in total. The SMILES string of the molecule is CCC1CCCC(C(=O)C(O)C(CC)CC)C1. The molecule has 0 heterocycles. The zero-order valence-electron chi connectivity index (χ0n) is 11.6. The Morgan fingerprint density at radius 1 is 1.24 bits per heavy atom. The molecular weight excluding hydrogens is 212 g/mol. The molecule has 0 saturated heterocycles. The minimum Gasteiger partial charge on any atom is -0.385 e. The molecule has 3 unspecified atom stereocenters. The lowest BCUT2D eigenvalue weighted by atomic mass is 9.75. The van der Waals surface area contributed by atoms with Gasteiger partial charge >= 0.3 is 0 Å². The van der Waals surface area contributed by atoms with Crippen LogP contribution < -0.4 is 0 Å². The van der Waals surface area contributed by atoms with E-state index in [0.29, 0.717) is 5.92 Å². The summed E-state index contributed by atoms with van der Waals surface area (Å²) < 4.78 is 0. The molecule has 2 heteroatoms. The fourth-order valence-corrected chi connectivity index (χ4v) is 3.13. The smallest absolute Gasteiger partial charge is 0.164 e. The van der Waals surface area contributed by atoms with Crippen molar-refractivity contribution in [2.24, 2.45) is 17.8 Å². The van der Waals surface area contributed by atoms with Crippen LogP contribution in [-0.2, 0) is 4.79 Å².